The summed E-state index contributed by atoms with van der Waals surface area (Å²) in [7, 11) is 2.19. The lowest BCUT2D eigenvalue weighted by atomic mass is 9.85. The monoisotopic (exact) mass is 227 g/mol. The molecule has 0 aromatic heterocycles. The summed E-state index contributed by atoms with van der Waals surface area (Å²) in [5.74, 6) is 0.892. The second kappa shape index (κ2) is 6.02. The third-order valence-corrected chi connectivity index (χ3v) is 4.10. The molecule has 0 aromatic rings. The van der Waals surface area contributed by atoms with Crippen LogP contribution in [0.2, 0.25) is 0 Å². The Morgan fingerprint density at radius 2 is 1.81 bits per heavy atom. The van der Waals surface area contributed by atoms with Crippen molar-refractivity contribution in [3.63, 3.8) is 0 Å². The van der Waals surface area contributed by atoms with E-state index in [-0.39, 0.29) is 11.5 Å². The highest BCUT2D eigenvalue weighted by Gasteiger charge is 2.26. The molecule has 16 heavy (non-hydrogen) atoms. The van der Waals surface area contributed by atoms with Gasteiger partial charge in [-0.2, -0.15) is 0 Å². The van der Waals surface area contributed by atoms with Crippen molar-refractivity contribution in [2.75, 3.05) is 20.1 Å². The summed E-state index contributed by atoms with van der Waals surface area (Å²) in [6, 6.07) is 0. The lowest BCUT2D eigenvalue weighted by Crippen LogP contribution is -2.40. The predicted molar refractivity (Wildman–Crippen MR) is 69.5 cm³/mol. The van der Waals surface area contributed by atoms with E-state index < -0.39 is 0 Å². The van der Waals surface area contributed by atoms with E-state index in [1.807, 2.05) is 6.92 Å². The van der Waals surface area contributed by atoms with E-state index >= 15 is 0 Å². The van der Waals surface area contributed by atoms with Crippen LogP contribution >= 0.6 is 0 Å². The van der Waals surface area contributed by atoms with Gasteiger partial charge >= 0.3 is 0 Å². The van der Waals surface area contributed by atoms with Gasteiger partial charge in [0.25, 0.3) is 0 Å². The van der Waals surface area contributed by atoms with Gasteiger partial charge in [-0.25, -0.2) is 0 Å². The topological polar surface area (TPSA) is 23.5 Å². The number of hydrogen-bond donors (Lipinski definition) is 1. The molecule has 2 nitrogen and oxygen atoms in total. The highest BCUT2D eigenvalue weighted by atomic mass is 16.3. The Morgan fingerprint density at radius 1 is 1.25 bits per heavy atom. The van der Waals surface area contributed by atoms with Gasteiger partial charge < -0.3 is 10.0 Å². The van der Waals surface area contributed by atoms with Crippen LogP contribution in [0.3, 0.4) is 0 Å². The molecule has 1 fully saturated rings. The smallest absolute Gasteiger partial charge is 0.0575 e. The van der Waals surface area contributed by atoms with Gasteiger partial charge in [0.1, 0.15) is 0 Å². The molecule has 1 unspecified atom stereocenters. The standard InChI is InChI=1S/C14H29NO/c1-12(16)14(2,3)11-15(4)10-13-8-6-5-7-9-13/h12-13,16H,5-11H2,1-4H3. The van der Waals surface area contributed by atoms with Crippen LogP contribution in [0.25, 0.3) is 0 Å². The molecule has 96 valence electrons. The summed E-state index contributed by atoms with van der Waals surface area (Å²) >= 11 is 0. The Bertz CT molecular complexity index is 195. The summed E-state index contributed by atoms with van der Waals surface area (Å²) in [6.45, 7) is 8.38. The van der Waals surface area contributed by atoms with E-state index in [1.165, 1.54) is 38.6 Å². The van der Waals surface area contributed by atoms with Crippen molar-refractivity contribution in [3.8, 4) is 0 Å². The molecule has 1 saturated carbocycles. The maximum atomic E-state index is 9.71. The first-order valence-corrected chi connectivity index (χ1v) is 6.78. The maximum Gasteiger partial charge on any atom is 0.0575 e. The molecule has 1 atom stereocenters. The molecule has 1 rings (SSSR count). The van der Waals surface area contributed by atoms with Crippen LogP contribution in [0.1, 0.15) is 52.9 Å². The fourth-order valence-corrected chi connectivity index (χ4v) is 2.70. The molecule has 0 aromatic carbocycles. The summed E-state index contributed by atoms with van der Waals surface area (Å²) in [6.07, 6.45) is 6.83. The van der Waals surface area contributed by atoms with E-state index in [2.05, 4.69) is 25.8 Å². The van der Waals surface area contributed by atoms with E-state index in [0.29, 0.717) is 0 Å². The molecule has 0 heterocycles. The molecule has 2 heteroatoms. The molecule has 0 radical (unpaired) electrons. The van der Waals surface area contributed by atoms with Crippen LogP contribution in [0.5, 0.6) is 0 Å². The molecule has 0 spiro atoms. The fraction of sp³-hybridized carbons (Fsp3) is 1.00. The van der Waals surface area contributed by atoms with E-state index in [1.54, 1.807) is 0 Å². The second-order valence-electron chi connectivity index (χ2n) is 6.37. The Balaban J connectivity index is 2.31. The molecule has 0 amide bonds. The van der Waals surface area contributed by atoms with Crippen LogP contribution in [-0.2, 0) is 0 Å². The highest BCUT2D eigenvalue weighted by molar-refractivity contribution is 4.79. The minimum absolute atomic E-state index is 0.00339. The van der Waals surface area contributed by atoms with Gasteiger partial charge in [0.15, 0.2) is 0 Å². The summed E-state index contributed by atoms with van der Waals surface area (Å²) in [5.41, 5.74) is 0.00339. The van der Waals surface area contributed by atoms with E-state index in [0.717, 1.165) is 12.5 Å². The van der Waals surface area contributed by atoms with Gasteiger partial charge in [-0.05, 0) is 32.7 Å². The third kappa shape index (κ3) is 4.42. The fourth-order valence-electron chi connectivity index (χ4n) is 2.70. The molecule has 0 bridgehead atoms. The largest absolute Gasteiger partial charge is 0.393 e. The zero-order valence-corrected chi connectivity index (χ0v) is 11.5. The third-order valence-electron chi connectivity index (χ3n) is 4.10. The zero-order valence-electron chi connectivity index (χ0n) is 11.5. The van der Waals surface area contributed by atoms with Crippen molar-refractivity contribution in [1.82, 2.24) is 4.90 Å². The van der Waals surface area contributed by atoms with Crippen LogP contribution in [-0.4, -0.2) is 36.2 Å². The van der Waals surface area contributed by atoms with Crippen LogP contribution in [0, 0.1) is 11.3 Å². The normalized spacial score (nSPS) is 21.4. The Morgan fingerprint density at radius 3 is 2.31 bits per heavy atom. The molecule has 1 aliphatic rings. The number of aliphatic hydroxyl groups excluding tert-OH is 1. The Labute approximate surface area is 101 Å². The van der Waals surface area contributed by atoms with Crippen molar-refractivity contribution >= 4 is 0 Å². The van der Waals surface area contributed by atoms with Gasteiger partial charge in [0.2, 0.25) is 0 Å². The molecule has 1 N–H and O–H groups in total. The van der Waals surface area contributed by atoms with E-state index in [4.69, 9.17) is 0 Å². The predicted octanol–water partition coefficient (Wildman–Crippen LogP) is 2.91. The lowest BCUT2D eigenvalue weighted by molar-refractivity contribution is 0.0360. The minimum Gasteiger partial charge on any atom is -0.393 e. The number of rotatable bonds is 5. The Kier molecular flexibility index (Phi) is 5.26. The molecule has 1 aliphatic carbocycles. The average Bonchev–Trinajstić information content (AvgIpc) is 2.17. The number of aliphatic hydroxyl groups is 1. The second-order valence-corrected chi connectivity index (χ2v) is 6.37. The van der Waals surface area contributed by atoms with Crippen LogP contribution in [0.15, 0.2) is 0 Å². The Hall–Kier alpha value is -0.0800. The van der Waals surface area contributed by atoms with Crippen molar-refractivity contribution in [2.24, 2.45) is 11.3 Å². The molecule has 0 aliphatic heterocycles. The van der Waals surface area contributed by atoms with Crippen molar-refractivity contribution in [1.29, 1.82) is 0 Å². The molecular formula is C14H29NO. The van der Waals surface area contributed by atoms with Gasteiger partial charge in [-0.3, -0.25) is 0 Å². The molecule has 0 saturated heterocycles. The summed E-state index contributed by atoms with van der Waals surface area (Å²) in [5, 5.41) is 9.71. The van der Waals surface area contributed by atoms with Gasteiger partial charge in [0.05, 0.1) is 6.10 Å². The first-order valence-electron chi connectivity index (χ1n) is 6.78. The first-order chi connectivity index (χ1) is 7.42. The van der Waals surface area contributed by atoms with Crippen LogP contribution < -0.4 is 0 Å². The number of nitrogens with zero attached hydrogens (tertiary/aromatic N) is 1. The number of hydrogen-bond acceptors (Lipinski definition) is 2. The lowest BCUT2D eigenvalue weighted by Gasteiger charge is -2.35. The van der Waals surface area contributed by atoms with Gasteiger partial charge in [0, 0.05) is 18.5 Å². The minimum atomic E-state index is -0.235. The molecular weight excluding hydrogens is 198 g/mol. The SMILES string of the molecule is CC(O)C(C)(C)CN(C)CC1CCCCC1. The van der Waals surface area contributed by atoms with Gasteiger partial charge in [-0.15, -0.1) is 0 Å². The average molecular weight is 227 g/mol. The summed E-state index contributed by atoms with van der Waals surface area (Å²) in [4.78, 5) is 2.41. The van der Waals surface area contributed by atoms with Crippen molar-refractivity contribution in [2.45, 2.75) is 59.0 Å². The summed E-state index contributed by atoms with van der Waals surface area (Å²) < 4.78 is 0. The maximum absolute atomic E-state index is 9.71. The van der Waals surface area contributed by atoms with Crippen molar-refractivity contribution < 1.29 is 5.11 Å². The highest BCUT2D eigenvalue weighted by Crippen LogP contribution is 2.26. The van der Waals surface area contributed by atoms with Crippen LogP contribution in [0.4, 0.5) is 0 Å². The quantitative estimate of drug-likeness (QED) is 0.780. The van der Waals surface area contributed by atoms with E-state index in [9.17, 15) is 5.11 Å². The zero-order chi connectivity index (χ0) is 12.2. The van der Waals surface area contributed by atoms with Crippen molar-refractivity contribution in [3.05, 3.63) is 0 Å². The van der Waals surface area contributed by atoms with Gasteiger partial charge in [-0.1, -0.05) is 33.1 Å². The first kappa shape index (κ1) is 14.0.